The number of hydrogen-bond donors (Lipinski definition) is 0. The molecule has 0 bridgehead atoms. The van der Waals surface area contributed by atoms with Gasteiger partial charge < -0.3 is 0 Å². The minimum atomic E-state index is -0.670. The van der Waals surface area contributed by atoms with E-state index in [-0.39, 0.29) is 17.1 Å². The Bertz CT molecular complexity index is 387. The van der Waals surface area contributed by atoms with Crippen LogP contribution in [0, 0.1) is 34.5 Å². The molecule has 0 spiro atoms. The van der Waals surface area contributed by atoms with Gasteiger partial charge in [-0.1, -0.05) is 20.8 Å². The summed E-state index contributed by atoms with van der Waals surface area (Å²) in [6.45, 7) is 8.36. The molecule has 3 heteroatoms. The van der Waals surface area contributed by atoms with Crippen LogP contribution in [0.25, 0.3) is 0 Å². The monoisotopic (exact) mass is 260 g/mol. The normalized spacial score (nSPS) is 54.9. The average Bonchev–Trinajstić information content (AvgIpc) is 2.82. The summed E-state index contributed by atoms with van der Waals surface area (Å²) in [6.07, 6.45) is 0.987. The Labute approximate surface area is 107 Å². The van der Waals surface area contributed by atoms with E-state index in [1.807, 2.05) is 0 Å². The molecule has 0 saturated heterocycles. The Morgan fingerprint density at radius 3 is 2.31 bits per heavy atom. The van der Waals surface area contributed by atoms with Crippen LogP contribution in [0.3, 0.4) is 0 Å². The first kappa shape index (κ1) is 11.3. The summed E-state index contributed by atoms with van der Waals surface area (Å²) in [5.74, 6) is 1.93. The van der Waals surface area contributed by atoms with Crippen LogP contribution in [0.15, 0.2) is 0 Å². The molecule has 1 nitrogen and oxygen atoms in total. The number of hydrogen-bond acceptors (Lipinski definition) is 1. The molecule has 0 amide bonds. The predicted octanol–water partition coefficient (Wildman–Crippen LogP) is 3.68. The van der Waals surface area contributed by atoms with Crippen molar-refractivity contribution >= 4 is 29.0 Å². The van der Waals surface area contributed by atoms with Crippen LogP contribution >= 0.6 is 23.2 Å². The second kappa shape index (κ2) is 2.64. The molecule has 0 radical (unpaired) electrons. The van der Waals surface area contributed by atoms with E-state index < -0.39 is 4.33 Å². The molecule has 2 unspecified atom stereocenters. The third-order valence-electron chi connectivity index (χ3n) is 5.87. The Kier molecular flexibility index (Phi) is 1.87. The van der Waals surface area contributed by atoms with E-state index in [2.05, 4.69) is 20.8 Å². The van der Waals surface area contributed by atoms with Crippen LogP contribution in [-0.4, -0.2) is 10.1 Å². The smallest absolute Gasteiger partial charge is 0.133 e. The molecule has 3 aliphatic rings. The Morgan fingerprint density at radius 1 is 1.25 bits per heavy atom. The maximum absolute atomic E-state index is 11.8. The summed E-state index contributed by atoms with van der Waals surface area (Å²) in [7, 11) is 0. The van der Waals surface area contributed by atoms with Crippen LogP contribution in [0.5, 0.6) is 0 Å². The third-order valence-corrected chi connectivity index (χ3v) is 7.16. The fourth-order valence-electron chi connectivity index (χ4n) is 4.62. The Morgan fingerprint density at radius 2 is 1.81 bits per heavy atom. The van der Waals surface area contributed by atoms with Crippen molar-refractivity contribution < 1.29 is 4.79 Å². The number of carbonyl (C=O) groups excluding carboxylic acids is 1. The number of Topliss-reactive ketones (excluding diaryl/α,β-unsaturated/α-hetero) is 1. The van der Waals surface area contributed by atoms with E-state index in [0.29, 0.717) is 23.2 Å². The molecule has 0 aromatic rings. The van der Waals surface area contributed by atoms with Crippen LogP contribution in [0.2, 0.25) is 0 Å². The number of alkyl halides is 2. The number of halogens is 2. The maximum atomic E-state index is 11.8. The molecular weight excluding hydrogens is 243 g/mol. The minimum absolute atomic E-state index is 0.0653. The molecule has 16 heavy (non-hydrogen) atoms. The molecule has 0 N–H and O–H groups in total. The van der Waals surface area contributed by atoms with Gasteiger partial charge in [-0.2, -0.15) is 0 Å². The summed E-state index contributed by atoms with van der Waals surface area (Å²) >= 11 is 12.9. The van der Waals surface area contributed by atoms with Crippen molar-refractivity contribution in [3.05, 3.63) is 0 Å². The van der Waals surface area contributed by atoms with E-state index in [1.54, 1.807) is 6.92 Å². The number of carbonyl (C=O) groups is 1. The molecular formula is C13H18Cl2O. The van der Waals surface area contributed by atoms with Crippen LogP contribution in [0.4, 0.5) is 0 Å². The molecule has 90 valence electrons. The highest BCUT2D eigenvalue weighted by Crippen LogP contribution is 2.87. The van der Waals surface area contributed by atoms with E-state index >= 15 is 0 Å². The van der Waals surface area contributed by atoms with Crippen LogP contribution in [0.1, 0.15) is 34.1 Å². The fourth-order valence-corrected chi connectivity index (χ4v) is 5.73. The number of ketones is 1. The second-order valence-corrected chi connectivity index (χ2v) is 8.12. The van der Waals surface area contributed by atoms with E-state index in [9.17, 15) is 4.79 Å². The second-order valence-electron chi connectivity index (χ2n) is 6.74. The lowest BCUT2D eigenvalue weighted by atomic mass is 9.77. The zero-order valence-corrected chi connectivity index (χ0v) is 11.7. The molecule has 0 aromatic heterocycles. The maximum Gasteiger partial charge on any atom is 0.133 e. The Balaban J connectivity index is 2.01. The first-order chi connectivity index (χ1) is 7.16. The van der Waals surface area contributed by atoms with Crippen molar-refractivity contribution in [1.29, 1.82) is 0 Å². The highest BCUT2D eigenvalue weighted by atomic mass is 35.5. The number of fused-ring (bicyclic) bond motifs is 3. The van der Waals surface area contributed by atoms with E-state index in [0.717, 1.165) is 6.42 Å². The molecule has 3 aliphatic carbocycles. The third kappa shape index (κ3) is 0.952. The molecule has 0 aliphatic heterocycles. The molecule has 0 heterocycles. The Hall–Kier alpha value is 0.250. The summed E-state index contributed by atoms with van der Waals surface area (Å²) in [5.41, 5.74) is 0.165. The van der Waals surface area contributed by atoms with Gasteiger partial charge in [-0.15, -0.1) is 23.2 Å². The predicted molar refractivity (Wildman–Crippen MR) is 65.6 cm³/mol. The van der Waals surface area contributed by atoms with Gasteiger partial charge >= 0.3 is 0 Å². The van der Waals surface area contributed by atoms with Crippen molar-refractivity contribution in [2.24, 2.45) is 34.5 Å². The summed E-state index contributed by atoms with van der Waals surface area (Å²) in [6, 6.07) is 0. The summed E-state index contributed by atoms with van der Waals surface area (Å²) < 4.78 is -0.670. The molecule has 0 aromatic carbocycles. The summed E-state index contributed by atoms with van der Waals surface area (Å²) in [5, 5.41) is 0. The highest BCUT2D eigenvalue weighted by molar-refractivity contribution is 6.52. The topological polar surface area (TPSA) is 17.1 Å². The molecule has 3 rings (SSSR count). The lowest BCUT2D eigenvalue weighted by Crippen LogP contribution is -2.28. The van der Waals surface area contributed by atoms with Gasteiger partial charge in [-0.3, -0.25) is 4.79 Å². The van der Waals surface area contributed by atoms with Crippen molar-refractivity contribution in [3.8, 4) is 0 Å². The number of rotatable bonds is 1. The van der Waals surface area contributed by atoms with Gasteiger partial charge in [0.2, 0.25) is 0 Å². The first-order valence-corrected chi connectivity index (χ1v) is 6.80. The van der Waals surface area contributed by atoms with Gasteiger partial charge in [0.25, 0.3) is 0 Å². The largest absolute Gasteiger partial charge is 0.300 e. The first-order valence-electron chi connectivity index (χ1n) is 6.05. The molecule has 5 atom stereocenters. The average molecular weight is 261 g/mol. The lowest BCUT2D eigenvalue weighted by molar-refractivity contribution is -0.123. The van der Waals surface area contributed by atoms with Crippen molar-refractivity contribution in [2.75, 3.05) is 0 Å². The minimum Gasteiger partial charge on any atom is -0.300 e. The molecule has 3 fully saturated rings. The van der Waals surface area contributed by atoms with Gasteiger partial charge in [0.1, 0.15) is 10.1 Å². The zero-order valence-electron chi connectivity index (χ0n) is 10.2. The van der Waals surface area contributed by atoms with Crippen molar-refractivity contribution in [3.63, 3.8) is 0 Å². The molecule has 3 saturated carbocycles. The van der Waals surface area contributed by atoms with Gasteiger partial charge in [0.05, 0.1) is 0 Å². The SMILES string of the molecule is CC(=O)[C@@H]1CC2C([C@@H]3C(Cl)(Cl)[C@@]31C)C2(C)C. The van der Waals surface area contributed by atoms with Gasteiger partial charge in [0.15, 0.2) is 0 Å². The van der Waals surface area contributed by atoms with Gasteiger partial charge in [0, 0.05) is 17.3 Å². The van der Waals surface area contributed by atoms with Crippen LogP contribution < -0.4 is 0 Å². The quantitative estimate of drug-likeness (QED) is 0.658. The van der Waals surface area contributed by atoms with Gasteiger partial charge in [-0.05, 0) is 30.6 Å². The van der Waals surface area contributed by atoms with Crippen LogP contribution in [-0.2, 0) is 4.79 Å². The van der Waals surface area contributed by atoms with E-state index in [1.165, 1.54) is 0 Å². The van der Waals surface area contributed by atoms with E-state index in [4.69, 9.17) is 23.2 Å². The van der Waals surface area contributed by atoms with Gasteiger partial charge in [-0.25, -0.2) is 0 Å². The van der Waals surface area contributed by atoms with Crippen molar-refractivity contribution in [1.82, 2.24) is 0 Å². The zero-order chi connectivity index (χ0) is 12.1. The van der Waals surface area contributed by atoms with Crippen molar-refractivity contribution in [2.45, 2.75) is 38.4 Å². The summed E-state index contributed by atoms with van der Waals surface area (Å²) in [4.78, 5) is 11.8. The standard InChI is InChI=1S/C13H18Cl2O/c1-6(16)7-5-8-9(11(8,2)3)10-12(7,4)13(10,14)15/h7-10H,5H2,1-4H3/t7-,8?,9?,10-,12+/m0/s1. The fraction of sp³-hybridized carbons (Fsp3) is 0.923. The highest BCUT2D eigenvalue weighted by Gasteiger charge is 2.87. The lowest BCUT2D eigenvalue weighted by Gasteiger charge is -2.26.